The van der Waals surface area contributed by atoms with Crippen molar-refractivity contribution in [1.29, 1.82) is 0 Å². The highest BCUT2D eigenvalue weighted by Gasteiger charge is 2.25. The summed E-state index contributed by atoms with van der Waals surface area (Å²) in [6.07, 6.45) is 0.932. The summed E-state index contributed by atoms with van der Waals surface area (Å²) in [4.78, 5) is 24.3. The Morgan fingerprint density at radius 1 is 1.33 bits per heavy atom. The predicted molar refractivity (Wildman–Crippen MR) is 68.5 cm³/mol. The monoisotopic (exact) mass is 247 g/mol. The van der Waals surface area contributed by atoms with Gasteiger partial charge in [0.05, 0.1) is 6.42 Å². The van der Waals surface area contributed by atoms with Crippen molar-refractivity contribution in [1.82, 2.24) is 0 Å². The lowest BCUT2D eigenvalue weighted by molar-refractivity contribution is -0.138. The second-order valence-electron chi connectivity index (χ2n) is 4.84. The van der Waals surface area contributed by atoms with Gasteiger partial charge in [-0.3, -0.25) is 9.59 Å². The van der Waals surface area contributed by atoms with Gasteiger partial charge in [-0.15, -0.1) is 0 Å². The first kappa shape index (κ1) is 12.6. The van der Waals surface area contributed by atoms with Crippen LogP contribution in [0, 0.1) is 5.92 Å². The second kappa shape index (κ2) is 5.21. The molecule has 0 saturated carbocycles. The van der Waals surface area contributed by atoms with E-state index in [0.717, 1.165) is 12.1 Å². The summed E-state index contributed by atoms with van der Waals surface area (Å²) in [5, 5.41) is 8.64. The first-order valence-corrected chi connectivity index (χ1v) is 6.18. The van der Waals surface area contributed by atoms with E-state index < -0.39 is 5.97 Å². The molecule has 18 heavy (non-hydrogen) atoms. The maximum atomic E-state index is 12.1. The standard InChI is InChI=1S/C14H17NO3/c1-10-8-11-4-2-3-5-12(11)15(9-10)13(16)6-7-14(17)18/h2-5,10H,6-9H2,1H3,(H,17,18). The van der Waals surface area contributed by atoms with Gasteiger partial charge in [0.1, 0.15) is 0 Å². The molecule has 1 aromatic carbocycles. The quantitative estimate of drug-likeness (QED) is 0.889. The number of amides is 1. The van der Waals surface area contributed by atoms with Gasteiger partial charge in [0.2, 0.25) is 5.91 Å². The number of carbonyl (C=O) groups is 2. The van der Waals surface area contributed by atoms with Gasteiger partial charge in [-0.25, -0.2) is 0 Å². The van der Waals surface area contributed by atoms with E-state index in [4.69, 9.17) is 5.11 Å². The van der Waals surface area contributed by atoms with Crippen molar-refractivity contribution in [3.05, 3.63) is 29.8 Å². The van der Waals surface area contributed by atoms with Crippen molar-refractivity contribution >= 4 is 17.6 Å². The van der Waals surface area contributed by atoms with Gasteiger partial charge in [-0.05, 0) is 24.0 Å². The highest BCUT2D eigenvalue weighted by molar-refractivity contribution is 5.95. The van der Waals surface area contributed by atoms with Crippen LogP contribution in [0.5, 0.6) is 0 Å². The molecule has 1 heterocycles. The molecule has 0 aromatic heterocycles. The summed E-state index contributed by atoms with van der Waals surface area (Å²) in [6.45, 7) is 2.78. The molecule has 0 spiro atoms. The molecule has 1 aromatic rings. The molecule has 1 N–H and O–H groups in total. The van der Waals surface area contributed by atoms with Crippen molar-refractivity contribution in [3.63, 3.8) is 0 Å². The van der Waals surface area contributed by atoms with Crippen molar-refractivity contribution in [2.24, 2.45) is 5.92 Å². The summed E-state index contributed by atoms with van der Waals surface area (Å²) in [5.74, 6) is -0.619. The summed E-state index contributed by atoms with van der Waals surface area (Å²) in [7, 11) is 0. The summed E-state index contributed by atoms with van der Waals surface area (Å²) < 4.78 is 0. The first-order valence-electron chi connectivity index (χ1n) is 6.18. The molecule has 1 aliphatic heterocycles. The Balaban J connectivity index is 2.18. The average molecular weight is 247 g/mol. The number of hydrogen-bond acceptors (Lipinski definition) is 2. The Labute approximate surface area is 106 Å². The van der Waals surface area contributed by atoms with Gasteiger partial charge in [-0.2, -0.15) is 0 Å². The van der Waals surface area contributed by atoms with Gasteiger partial charge < -0.3 is 10.0 Å². The van der Waals surface area contributed by atoms with Crippen LogP contribution in [-0.2, 0) is 16.0 Å². The Morgan fingerprint density at radius 3 is 2.78 bits per heavy atom. The van der Waals surface area contributed by atoms with Crippen molar-refractivity contribution in [3.8, 4) is 0 Å². The zero-order valence-electron chi connectivity index (χ0n) is 10.4. The molecule has 96 valence electrons. The van der Waals surface area contributed by atoms with Crippen LogP contribution >= 0.6 is 0 Å². The topological polar surface area (TPSA) is 57.6 Å². The molecule has 0 radical (unpaired) electrons. The molecule has 1 amide bonds. The highest BCUT2D eigenvalue weighted by Crippen LogP contribution is 2.29. The molecule has 1 aliphatic rings. The molecule has 1 unspecified atom stereocenters. The third-order valence-electron chi connectivity index (χ3n) is 3.20. The maximum Gasteiger partial charge on any atom is 0.303 e. The SMILES string of the molecule is CC1Cc2ccccc2N(C(=O)CCC(=O)O)C1. The summed E-state index contributed by atoms with van der Waals surface area (Å²) in [6, 6.07) is 7.84. The van der Waals surface area contributed by atoms with Gasteiger partial charge in [0.15, 0.2) is 0 Å². The van der Waals surface area contributed by atoms with Gasteiger partial charge in [0.25, 0.3) is 0 Å². The number of para-hydroxylation sites is 1. The third-order valence-corrected chi connectivity index (χ3v) is 3.20. The number of anilines is 1. The Hall–Kier alpha value is -1.84. The molecule has 0 aliphatic carbocycles. The van der Waals surface area contributed by atoms with Crippen LogP contribution in [0.15, 0.2) is 24.3 Å². The van der Waals surface area contributed by atoms with Gasteiger partial charge in [-0.1, -0.05) is 25.1 Å². The molecular formula is C14H17NO3. The van der Waals surface area contributed by atoms with Crippen molar-refractivity contribution in [2.75, 3.05) is 11.4 Å². The van der Waals surface area contributed by atoms with Crippen LogP contribution in [0.25, 0.3) is 0 Å². The van der Waals surface area contributed by atoms with Crippen LogP contribution in [-0.4, -0.2) is 23.5 Å². The van der Waals surface area contributed by atoms with Crippen molar-refractivity contribution in [2.45, 2.75) is 26.2 Å². The normalized spacial score (nSPS) is 18.3. The first-order chi connectivity index (χ1) is 8.58. The number of carboxylic acid groups (broad SMARTS) is 1. The molecule has 0 fully saturated rings. The molecular weight excluding hydrogens is 230 g/mol. The number of aliphatic carboxylic acids is 1. The Morgan fingerprint density at radius 2 is 2.06 bits per heavy atom. The number of rotatable bonds is 3. The zero-order valence-corrected chi connectivity index (χ0v) is 10.4. The van der Waals surface area contributed by atoms with E-state index >= 15 is 0 Å². The highest BCUT2D eigenvalue weighted by atomic mass is 16.4. The summed E-state index contributed by atoms with van der Waals surface area (Å²) in [5.41, 5.74) is 2.10. The van der Waals surface area contributed by atoms with E-state index in [0.29, 0.717) is 12.5 Å². The van der Waals surface area contributed by atoms with E-state index in [1.54, 1.807) is 4.90 Å². The number of fused-ring (bicyclic) bond motifs is 1. The number of nitrogens with zero attached hydrogens (tertiary/aromatic N) is 1. The van der Waals surface area contributed by atoms with E-state index in [-0.39, 0.29) is 18.7 Å². The van der Waals surface area contributed by atoms with E-state index in [9.17, 15) is 9.59 Å². The minimum absolute atomic E-state index is 0.0659. The maximum absolute atomic E-state index is 12.1. The fourth-order valence-corrected chi connectivity index (χ4v) is 2.38. The average Bonchev–Trinajstić information content (AvgIpc) is 2.34. The smallest absolute Gasteiger partial charge is 0.303 e. The fourth-order valence-electron chi connectivity index (χ4n) is 2.38. The minimum atomic E-state index is -0.929. The van der Waals surface area contributed by atoms with Crippen molar-refractivity contribution < 1.29 is 14.7 Å². The van der Waals surface area contributed by atoms with Crippen LogP contribution in [0.1, 0.15) is 25.3 Å². The van der Waals surface area contributed by atoms with E-state index in [1.165, 1.54) is 5.56 Å². The molecule has 0 bridgehead atoms. The molecule has 4 heteroatoms. The minimum Gasteiger partial charge on any atom is -0.481 e. The third kappa shape index (κ3) is 2.70. The lowest BCUT2D eigenvalue weighted by Gasteiger charge is -2.33. The Bertz CT molecular complexity index is 470. The molecule has 4 nitrogen and oxygen atoms in total. The number of hydrogen-bond donors (Lipinski definition) is 1. The molecule has 0 saturated heterocycles. The van der Waals surface area contributed by atoms with E-state index in [2.05, 4.69) is 6.92 Å². The zero-order chi connectivity index (χ0) is 13.1. The molecule has 1 atom stereocenters. The lowest BCUT2D eigenvalue weighted by Crippen LogP contribution is -2.39. The second-order valence-corrected chi connectivity index (χ2v) is 4.84. The number of carbonyl (C=O) groups excluding carboxylic acids is 1. The number of benzene rings is 1. The largest absolute Gasteiger partial charge is 0.481 e. The predicted octanol–water partition coefficient (Wildman–Crippen LogP) is 2.08. The van der Waals surface area contributed by atoms with Crippen LogP contribution in [0.3, 0.4) is 0 Å². The Kier molecular flexibility index (Phi) is 3.65. The van der Waals surface area contributed by atoms with Crippen LogP contribution in [0.2, 0.25) is 0 Å². The van der Waals surface area contributed by atoms with E-state index in [1.807, 2.05) is 24.3 Å². The molecule has 2 rings (SSSR count). The van der Waals surface area contributed by atoms with Gasteiger partial charge in [0, 0.05) is 18.7 Å². The van der Waals surface area contributed by atoms with Crippen LogP contribution in [0.4, 0.5) is 5.69 Å². The van der Waals surface area contributed by atoms with Crippen LogP contribution < -0.4 is 4.90 Å². The fraction of sp³-hybridized carbons (Fsp3) is 0.429. The number of carboxylic acids is 1. The van der Waals surface area contributed by atoms with Gasteiger partial charge >= 0.3 is 5.97 Å². The lowest BCUT2D eigenvalue weighted by atomic mass is 9.93. The summed E-state index contributed by atoms with van der Waals surface area (Å²) >= 11 is 0.